The quantitative estimate of drug-likeness (QED) is 0.894. The molecule has 0 bridgehead atoms. The standard InChI is InChI=1S/C15H17FN4O/c16-12-6-13(15(17)21)20(9-12)8-11-7-18-19-14(11)10-4-2-1-3-5-10/h1-5,7,12-13H,6,8-9H2,(H2,17,21)(H,18,19)/t12-,13+/m1/s1. The third-order valence-electron chi connectivity index (χ3n) is 3.83. The van der Waals surface area contributed by atoms with Gasteiger partial charge in [0.15, 0.2) is 0 Å². The van der Waals surface area contributed by atoms with Crippen LogP contribution in [0.5, 0.6) is 0 Å². The normalized spacial score (nSPS) is 22.5. The van der Waals surface area contributed by atoms with Gasteiger partial charge in [0.2, 0.25) is 5.91 Å². The predicted octanol–water partition coefficient (Wildman–Crippen LogP) is 1.47. The van der Waals surface area contributed by atoms with E-state index in [1.54, 1.807) is 11.1 Å². The van der Waals surface area contributed by atoms with Crippen LogP contribution < -0.4 is 5.73 Å². The van der Waals surface area contributed by atoms with Gasteiger partial charge in [0, 0.05) is 25.1 Å². The molecule has 0 radical (unpaired) electrons. The molecule has 0 unspecified atom stereocenters. The Balaban J connectivity index is 1.83. The minimum atomic E-state index is -1.01. The highest BCUT2D eigenvalue weighted by atomic mass is 19.1. The van der Waals surface area contributed by atoms with Gasteiger partial charge >= 0.3 is 0 Å². The first-order chi connectivity index (χ1) is 10.1. The van der Waals surface area contributed by atoms with Crippen LogP contribution in [-0.4, -0.2) is 39.8 Å². The largest absolute Gasteiger partial charge is 0.368 e. The molecule has 0 saturated carbocycles. The lowest BCUT2D eigenvalue weighted by molar-refractivity contribution is -0.122. The Morgan fingerprint density at radius 2 is 2.19 bits per heavy atom. The van der Waals surface area contributed by atoms with Crippen LogP contribution in [0.3, 0.4) is 0 Å². The Bertz CT molecular complexity index is 628. The van der Waals surface area contributed by atoms with E-state index in [2.05, 4.69) is 10.2 Å². The van der Waals surface area contributed by atoms with E-state index < -0.39 is 18.1 Å². The number of alkyl halides is 1. The molecule has 1 aliphatic rings. The number of nitrogens with zero attached hydrogens (tertiary/aromatic N) is 2. The summed E-state index contributed by atoms with van der Waals surface area (Å²) in [4.78, 5) is 13.2. The van der Waals surface area contributed by atoms with E-state index in [0.717, 1.165) is 16.8 Å². The number of benzene rings is 1. The number of hydrogen-bond acceptors (Lipinski definition) is 3. The summed E-state index contributed by atoms with van der Waals surface area (Å²) >= 11 is 0. The Kier molecular flexibility index (Phi) is 3.70. The smallest absolute Gasteiger partial charge is 0.234 e. The van der Waals surface area contributed by atoms with Gasteiger partial charge in [-0.2, -0.15) is 5.10 Å². The van der Waals surface area contributed by atoms with Crippen LogP contribution in [0.4, 0.5) is 4.39 Å². The fraction of sp³-hybridized carbons (Fsp3) is 0.333. The number of amides is 1. The van der Waals surface area contributed by atoms with E-state index in [1.165, 1.54) is 0 Å². The number of halogens is 1. The van der Waals surface area contributed by atoms with Crippen molar-refractivity contribution in [1.82, 2.24) is 15.1 Å². The lowest BCUT2D eigenvalue weighted by Crippen LogP contribution is -2.39. The monoisotopic (exact) mass is 288 g/mol. The molecule has 1 aromatic carbocycles. The van der Waals surface area contributed by atoms with Crippen molar-refractivity contribution in [2.24, 2.45) is 5.73 Å². The first-order valence-electron chi connectivity index (χ1n) is 6.90. The number of rotatable bonds is 4. The number of likely N-dealkylation sites (tertiary alicyclic amines) is 1. The van der Waals surface area contributed by atoms with E-state index in [9.17, 15) is 9.18 Å². The van der Waals surface area contributed by atoms with Gasteiger partial charge in [0.1, 0.15) is 6.17 Å². The summed E-state index contributed by atoms with van der Waals surface area (Å²) in [7, 11) is 0. The van der Waals surface area contributed by atoms with Gasteiger partial charge in [0.25, 0.3) is 0 Å². The van der Waals surface area contributed by atoms with Crippen LogP contribution in [0, 0.1) is 0 Å². The third kappa shape index (κ3) is 2.80. The number of carbonyl (C=O) groups is 1. The minimum absolute atomic E-state index is 0.174. The molecule has 0 aliphatic carbocycles. The van der Waals surface area contributed by atoms with Crippen LogP contribution >= 0.6 is 0 Å². The maximum Gasteiger partial charge on any atom is 0.234 e. The van der Waals surface area contributed by atoms with Crippen molar-refractivity contribution >= 4 is 5.91 Å². The molecule has 3 N–H and O–H groups in total. The molecule has 3 rings (SSSR count). The van der Waals surface area contributed by atoms with Crippen molar-refractivity contribution in [2.45, 2.75) is 25.2 Å². The number of carbonyl (C=O) groups excluding carboxylic acids is 1. The molecule has 1 aromatic heterocycles. The minimum Gasteiger partial charge on any atom is -0.368 e. The molecule has 1 saturated heterocycles. The topological polar surface area (TPSA) is 75.0 Å². The summed E-state index contributed by atoms with van der Waals surface area (Å²) in [5.74, 6) is -0.472. The van der Waals surface area contributed by atoms with Gasteiger partial charge in [-0.1, -0.05) is 30.3 Å². The van der Waals surface area contributed by atoms with Crippen molar-refractivity contribution in [3.63, 3.8) is 0 Å². The van der Waals surface area contributed by atoms with E-state index in [-0.39, 0.29) is 13.0 Å². The Labute approximate surface area is 121 Å². The summed E-state index contributed by atoms with van der Waals surface area (Å²) in [6.07, 6.45) is 0.884. The second kappa shape index (κ2) is 5.65. The van der Waals surface area contributed by atoms with E-state index in [1.807, 2.05) is 30.3 Å². The van der Waals surface area contributed by atoms with Crippen LogP contribution in [0.2, 0.25) is 0 Å². The van der Waals surface area contributed by atoms with Crippen molar-refractivity contribution in [1.29, 1.82) is 0 Å². The van der Waals surface area contributed by atoms with Crippen molar-refractivity contribution in [3.05, 3.63) is 42.1 Å². The summed E-state index contributed by atoms with van der Waals surface area (Å²) in [5, 5.41) is 7.03. The number of hydrogen-bond donors (Lipinski definition) is 2. The number of primary amides is 1. The van der Waals surface area contributed by atoms with E-state index in [0.29, 0.717) is 6.54 Å². The average molecular weight is 288 g/mol. The highest BCUT2D eigenvalue weighted by Crippen LogP contribution is 2.26. The van der Waals surface area contributed by atoms with Gasteiger partial charge in [0.05, 0.1) is 17.9 Å². The van der Waals surface area contributed by atoms with Crippen LogP contribution in [0.1, 0.15) is 12.0 Å². The first-order valence-corrected chi connectivity index (χ1v) is 6.90. The zero-order chi connectivity index (χ0) is 14.8. The Morgan fingerprint density at radius 3 is 2.90 bits per heavy atom. The van der Waals surface area contributed by atoms with Gasteiger partial charge < -0.3 is 5.73 Å². The number of aromatic amines is 1. The summed E-state index contributed by atoms with van der Waals surface area (Å²) in [6.45, 7) is 0.682. The Hall–Kier alpha value is -2.21. The molecule has 0 spiro atoms. The van der Waals surface area contributed by atoms with Crippen LogP contribution in [-0.2, 0) is 11.3 Å². The summed E-state index contributed by atoms with van der Waals surface area (Å²) in [6, 6.07) is 9.24. The second-order valence-corrected chi connectivity index (χ2v) is 5.32. The fourth-order valence-electron chi connectivity index (χ4n) is 2.82. The second-order valence-electron chi connectivity index (χ2n) is 5.32. The highest BCUT2D eigenvalue weighted by molar-refractivity contribution is 5.80. The lowest BCUT2D eigenvalue weighted by Gasteiger charge is -2.21. The van der Waals surface area contributed by atoms with Crippen molar-refractivity contribution < 1.29 is 9.18 Å². The first kappa shape index (κ1) is 13.8. The molecule has 2 heterocycles. The van der Waals surface area contributed by atoms with Gasteiger partial charge in [-0.3, -0.25) is 14.8 Å². The maximum atomic E-state index is 13.6. The predicted molar refractivity (Wildman–Crippen MR) is 76.9 cm³/mol. The molecule has 5 nitrogen and oxygen atoms in total. The van der Waals surface area contributed by atoms with Gasteiger partial charge in [-0.25, -0.2) is 4.39 Å². The molecule has 21 heavy (non-hydrogen) atoms. The zero-order valence-corrected chi connectivity index (χ0v) is 11.5. The highest BCUT2D eigenvalue weighted by Gasteiger charge is 2.36. The molecule has 1 aliphatic heterocycles. The van der Waals surface area contributed by atoms with E-state index in [4.69, 9.17) is 5.73 Å². The van der Waals surface area contributed by atoms with Crippen LogP contribution in [0.15, 0.2) is 36.5 Å². The number of H-pyrrole nitrogens is 1. The SMILES string of the molecule is NC(=O)[C@@H]1C[C@@H](F)CN1Cc1cn[nH]c1-c1ccccc1. The fourth-order valence-corrected chi connectivity index (χ4v) is 2.82. The molecular weight excluding hydrogens is 271 g/mol. The molecule has 1 fully saturated rings. The average Bonchev–Trinajstić information content (AvgIpc) is 3.07. The molecular formula is C15H17FN4O. The molecule has 110 valence electrons. The Morgan fingerprint density at radius 1 is 1.43 bits per heavy atom. The maximum absolute atomic E-state index is 13.6. The lowest BCUT2D eigenvalue weighted by atomic mass is 10.1. The third-order valence-corrected chi connectivity index (χ3v) is 3.83. The number of aromatic nitrogens is 2. The number of nitrogens with two attached hydrogens (primary N) is 1. The van der Waals surface area contributed by atoms with E-state index >= 15 is 0 Å². The zero-order valence-electron chi connectivity index (χ0n) is 11.5. The van der Waals surface area contributed by atoms with Gasteiger partial charge in [-0.05, 0) is 5.56 Å². The number of nitrogens with one attached hydrogen (secondary N) is 1. The molecule has 2 aromatic rings. The van der Waals surface area contributed by atoms with Crippen molar-refractivity contribution in [3.8, 4) is 11.3 Å². The summed E-state index contributed by atoms with van der Waals surface area (Å²) in [5.41, 5.74) is 8.19. The van der Waals surface area contributed by atoms with Crippen LogP contribution in [0.25, 0.3) is 11.3 Å². The molecule has 2 atom stereocenters. The van der Waals surface area contributed by atoms with Crippen molar-refractivity contribution in [2.75, 3.05) is 6.54 Å². The molecule has 6 heteroatoms. The molecule has 1 amide bonds. The van der Waals surface area contributed by atoms with Gasteiger partial charge in [-0.15, -0.1) is 0 Å². The summed E-state index contributed by atoms with van der Waals surface area (Å²) < 4.78 is 13.6.